The van der Waals surface area contributed by atoms with Gasteiger partial charge in [-0.1, -0.05) is 0 Å². The van der Waals surface area contributed by atoms with E-state index in [-0.39, 0.29) is 110 Å². The van der Waals surface area contributed by atoms with E-state index in [1.54, 1.807) is 0 Å². The van der Waals surface area contributed by atoms with E-state index in [4.69, 9.17) is 56.6 Å². The van der Waals surface area contributed by atoms with Crippen molar-refractivity contribution in [3.63, 3.8) is 0 Å². The molecule has 0 atom stereocenters. The van der Waals surface area contributed by atoms with Crippen molar-refractivity contribution in [3.05, 3.63) is 0 Å². The van der Waals surface area contributed by atoms with Crippen LogP contribution in [0.3, 0.4) is 0 Å². The zero-order chi connectivity index (χ0) is 16.2. The fourth-order valence-corrected chi connectivity index (χ4v) is 0. The molecule has 0 aromatic rings. The Morgan fingerprint density at radius 1 is 0.500 bits per heavy atom. The molecule has 0 aromatic carbocycles. The van der Waals surface area contributed by atoms with Gasteiger partial charge in [-0.05, 0) is 0 Å². The Balaban J connectivity index is -0.0000000126. The van der Waals surface area contributed by atoms with Gasteiger partial charge in [0.25, 0.3) is 0 Å². The molecule has 0 saturated heterocycles. The molecule has 24 heavy (non-hydrogen) atoms. The minimum absolute atomic E-state index is 0. The van der Waals surface area contributed by atoms with Gasteiger partial charge in [-0.3, -0.25) is 0 Å². The molecule has 0 aromatic heterocycles. The van der Waals surface area contributed by atoms with Crippen molar-refractivity contribution in [1.29, 1.82) is 0 Å². The molecule has 0 heterocycles. The Morgan fingerprint density at radius 2 is 0.500 bits per heavy atom. The molecule has 0 bridgehead atoms. The molecule has 0 amide bonds. The molecule has 0 spiro atoms. The summed E-state index contributed by atoms with van der Waals surface area (Å²) in [6.45, 7) is 0. The maximum absolute atomic E-state index is 8.61. The summed E-state index contributed by atoms with van der Waals surface area (Å²) in [5.41, 5.74) is 0. The predicted molar refractivity (Wildman–Crippen MR) is 37.7 cm³/mol. The maximum atomic E-state index is 8.61. The van der Waals surface area contributed by atoms with Gasteiger partial charge in [0.1, 0.15) is 0 Å². The first-order valence-corrected chi connectivity index (χ1v) is 13.8. The second-order valence-electron chi connectivity index (χ2n) is 1.43. The minimum atomic E-state index is -5.88. The molecule has 149 valence electrons. The Morgan fingerprint density at radius 3 is 0.500 bits per heavy atom. The normalized spacial score (nSPS) is 7.92. The van der Waals surface area contributed by atoms with E-state index in [2.05, 4.69) is 0 Å². The monoisotopic (exact) mass is 910 g/mol. The van der Waals surface area contributed by atoms with Gasteiger partial charge in [-0.15, -0.1) is 0 Å². The van der Waals surface area contributed by atoms with Crippen LogP contribution in [-0.2, 0) is 117 Å². The van der Waals surface area contributed by atoms with Gasteiger partial charge in [0.05, 0.1) is 0 Å². The van der Waals surface area contributed by atoms with Crippen molar-refractivity contribution in [1.82, 2.24) is 0 Å². The molecule has 3 radical (unpaired) electrons. The summed E-state index contributed by atoms with van der Waals surface area (Å²) in [4.78, 5) is 0. The molecule has 24 heteroatoms. The van der Waals surface area contributed by atoms with Crippen LogP contribution in [0.2, 0.25) is 0 Å². The van der Waals surface area contributed by atoms with Crippen LogP contribution in [-0.4, -0.2) is 85.0 Å². The molecule has 6 N–H and O–H groups in total. The third kappa shape index (κ3) is 778. The van der Waals surface area contributed by atoms with Crippen molar-refractivity contribution in [2.24, 2.45) is 0 Å². The van der Waals surface area contributed by atoms with Crippen LogP contribution in [0.15, 0.2) is 0 Å². The molecule has 0 aliphatic carbocycles. The van der Waals surface area contributed by atoms with Gasteiger partial charge in [0.2, 0.25) is 0 Å². The summed E-state index contributed by atoms with van der Waals surface area (Å²) in [6, 6.07) is 0. The van der Waals surface area contributed by atoms with Crippen LogP contribution in [0.1, 0.15) is 0 Å². The Bertz CT molecular complexity index is 208. The van der Waals surface area contributed by atoms with Crippen LogP contribution in [0.4, 0.5) is 0 Å². The number of hydrogen-bond donors (Lipinski definition) is 6. The van der Waals surface area contributed by atoms with Gasteiger partial charge in [0.15, 0.2) is 0 Å². The molecular weight excluding hydrogens is 910 g/mol. The van der Waals surface area contributed by atoms with Crippen molar-refractivity contribution in [2.45, 2.75) is 0 Å². The summed E-state index contributed by atoms with van der Waals surface area (Å²) in [6.07, 6.45) is 0. The second-order valence-corrected chi connectivity index (χ2v) is 7.44. The standard InChI is InChI=1S/2AsH3O4.2AsH3O3.3Cu.3Zn/c2*2-1(3,4)5;2*2-1(3)4;;;;;;/h2*(H3,2,3,4,5);2*2-4H;;;;;;/q;;;;3*+2;;;/p-6. The smallest absolute Gasteiger partial charge is 0 e. The summed E-state index contributed by atoms with van der Waals surface area (Å²) >= 11 is -18.1. The first-order chi connectivity index (χ1) is 7.46. The largest absolute Gasteiger partial charge is 2.00 e. The zero-order valence-corrected chi connectivity index (χ0v) is 30.0. The summed E-state index contributed by atoms with van der Waals surface area (Å²) < 4.78 is 113. The molecule has 14 nitrogen and oxygen atoms in total. The van der Waals surface area contributed by atoms with Crippen molar-refractivity contribution < 1.29 is 166 Å². The Labute approximate surface area is 223 Å². The Hall–Kier alpha value is 4.78. The average molecular weight is 917 g/mol. The van der Waals surface area contributed by atoms with E-state index in [9.17, 15) is 0 Å². The quantitative estimate of drug-likeness (QED) is 0.123. The first-order valence-electron chi connectivity index (χ1n) is 2.66. The summed E-state index contributed by atoms with van der Waals surface area (Å²) in [5.74, 6) is 0. The third-order valence-electron chi connectivity index (χ3n) is 0. The molecule has 0 saturated carbocycles. The van der Waals surface area contributed by atoms with Crippen molar-refractivity contribution in [2.75, 3.05) is 0 Å². The molecular formula is H6As4Cu3O14Zn3. The fraction of sp³-hybridized carbons (Fsp3) is 0. The third-order valence-corrected chi connectivity index (χ3v) is 0. The van der Waals surface area contributed by atoms with Crippen LogP contribution >= 0.6 is 0 Å². The van der Waals surface area contributed by atoms with E-state index < -0.39 is 60.4 Å². The molecule has 0 fully saturated rings. The summed E-state index contributed by atoms with van der Waals surface area (Å²) in [5, 5.41) is 0. The molecule has 0 aliphatic rings. The number of hydrogen-bond acceptors (Lipinski definition) is 14. The van der Waals surface area contributed by atoms with Gasteiger partial charge < -0.3 is 0 Å². The van der Waals surface area contributed by atoms with E-state index in [1.165, 1.54) is 0 Å². The fourth-order valence-electron chi connectivity index (χ4n) is 0. The Kier molecular flexibility index (Phi) is 101. The van der Waals surface area contributed by atoms with E-state index in [1.807, 2.05) is 0 Å². The second kappa shape index (κ2) is 38.4. The van der Waals surface area contributed by atoms with Gasteiger partial charge >= 0.3 is 168 Å². The topological polar surface area (TPSA) is 294 Å². The van der Waals surface area contributed by atoms with E-state index in [0.717, 1.165) is 0 Å². The average Bonchev–Trinajstić information content (AvgIpc) is 1.70. The maximum Gasteiger partial charge on any atom is 2.00 e. The summed E-state index contributed by atoms with van der Waals surface area (Å²) in [7, 11) is 0. The van der Waals surface area contributed by atoms with E-state index in [0.29, 0.717) is 0 Å². The van der Waals surface area contributed by atoms with Crippen LogP contribution in [0.25, 0.3) is 0 Å². The molecule has 0 rings (SSSR count). The number of rotatable bonds is 0. The zero-order valence-electron chi connectivity index (χ0n) is 10.8. The van der Waals surface area contributed by atoms with Gasteiger partial charge in [-0.2, -0.15) is 0 Å². The van der Waals surface area contributed by atoms with Crippen LogP contribution < -0.4 is 24.6 Å². The van der Waals surface area contributed by atoms with Crippen LogP contribution in [0, 0.1) is 0 Å². The minimum Gasteiger partial charge on any atom is 0 e. The molecule has 0 aliphatic heterocycles. The van der Waals surface area contributed by atoms with Crippen molar-refractivity contribution >= 4 is 60.4 Å². The van der Waals surface area contributed by atoms with Crippen LogP contribution in [0.5, 0.6) is 0 Å². The van der Waals surface area contributed by atoms with E-state index >= 15 is 0 Å². The van der Waals surface area contributed by atoms with Gasteiger partial charge in [0, 0.05) is 58.4 Å². The predicted octanol–water partition coefficient (Wildman–Crippen LogP) is -12.3. The SMILES string of the molecule is O=[As]([O-])([O-])[O-].O=[As]([O-])([O-])[O-].O[As](O)O.O[As](O)O.[Cu+2].[Cu+2].[Cu+2].[Zn].[Zn].[Zn]. The van der Waals surface area contributed by atoms with Crippen molar-refractivity contribution in [3.8, 4) is 0 Å². The molecule has 0 unspecified atom stereocenters. The first kappa shape index (κ1) is 63.0. The van der Waals surface area contributed by atoms with Gasteiger partial charge in [-0.25, -0.2) is 0 Å².